The van der Waals surface area contributed by atoms with E-state index in [1.807, 2.05) is 0 Å². The van der Waals surface area contributed by atoms with Crippen LogP contribution >= 0.6 is 11.6 Å². The topological polar surface area (TPSA) is 90.2 Å². The summed E-state index contributed by atoms with van der Waals surface area (Å²) >= 11 is 5.74. The Morgan fingerprint density at radius 1 is 1.35 bits per heavy atom. The summed E-state index contributed by atoms with van der Waals surface area (Å²) in [5.41, 5.74) is -0.222. The number of benzene rings is 1. The number of aryl methyl sites for hydroxylation is 1. The first kappa shape index (κ1) is 14.0. The van der Waals surface area contributed by atoms with E-state index >= 15 is 0 Å². The molecule has 0 saturated carbocycles. The van der Waals surface area contributed by atoms with Crippen molar-refractivity contribution < 1.29 is 9.66 Å². The molecule has 0 spiro atoms. The summed E-state index contributed by atoms with van der Waals surface area (Å²) in [6, 6.07) is 5.71. The number of nitro groups is 1. The molecule has 0 aliphatic rings. The van der Waals surface area contributed by atoms with Crippen molar-refractivity contribution in [1.29, 1.82) is 0 Å². The zero-order valence-electron chi connectivity index (χ0n) is 10.8. The number of hydrogen-bond acceptors (Lipinski definition) is 6. The van der Waals surface area contributed by atoms with E-state index in [1.165, 1.54) is 18.2 Å². The average molecular weight is 295 g/mol. The normalized spacial score (nSPS) is 10.2. The van der Waals surface area contributed by atoms with Gasteiger partial charge in [0.25, 0.3) is 0 Å². The molecular weight excluding hydrogens is 284 g/mol. The van der Waals surface area contributed by atoms with Crippen LogP contribution in [0.2, 0.25) is 5.02 Å². The van der Waals surface area contributed by atoms with Gasteiger partial charge in [0.05, 0.1) is 4.92 Å². The lowest BCUT2D eigenvalue weighted by molar-refractivity contribution is -0.385. The first-order valence-corrected chi connectivity index (χ1v) is 6.02. The molecule has 0 aliphatic heterocycles. The maximum absolute atomic E-state index is 11.0. The predicted molar refractivity (Wildman–Crippen MR) is 74.5 cm³/mol. The third kappa shape index (κ3) is 3.12. The molecule has 8 heteroatoms. The maximum atomic E-state index is 11.0. The average Bonchev–Trinajstić information content (AvgIpc) is 2.40. The van der Waals surface area contributed by atoms with E-state index in [4.69, 9.17) is 16.3 Å². The van der Waals surface area contributed by atoms with E-state index < -0.39 is 4.92 Å². The smallest absolute Gasteiger partial charge is 0.313 e. The molecule has 0 saturated heterocycles. The molecule has 0 atom stereocenters. The van der Waals surface area contributed by atoms with Crippen LogP contribution in [0.4, 0.5) is 11.5 Å². The third-order valence-electron chi connectivity index (χ3n) is 2.40. The van der Waals surface area contributed by atoms with Crippen molar-refractivity contribution in [2.45, 2.75) is 6.92 Å². The summed E-state index contributed by atoms with van der Waals surface area (Å²) in [5.74, 6) is 1.33. The highest BCUT2D eigenvalue weighted by molar-refractivity contribution is 6.30. The number of nitro benzene ring substituents is 1. The zero-order valence-corrected chi connectivity index (χ0v) is 11.5. The van der Waals surface area contributed by atoms with Crippen LogP contribution in [-0.2, 0) is 0 Å². The molecule has 7 nitrogen and oxygen atoms in total. The minimum atomic E-state index is -0.561. The number of halogens is 1. The van der Waals surface area contributed by atoms with E-state index in [0.29, 0.717) is 11.6 Å². The van der Waals surface area contributed by atoms with Crippen molar-refractivity contribution in [3.63, 3.8) is 0 Å². The first-order chi connectivity index (χ1) is 9.49. The lowest BCUT2D eigenvalue weighted by Crippen LogP contribution is -2.00. The molecule has 2 rings (SSSR count). The Morgan fingerprint density at radius 2 is 2.10 bits per heavy atom. The molecule has 1 N–H and O–H groups in total. The van der Waals surface area contributed by atoms with Gasteiger partial charge in [-0.3, -0.25) is 10.1 Å². The number of nitrogens with zero attached hydrogens (tertiary/aromatic N) is 3. The lowest BCUT2D eigenvalue weighted by atomic mass is 10.3. The molecule has 1 aromatic heterocycles. The van der Waals surface area contributed by atoms with E-state index in [-0.39, 0.29) is 22.3 Å². The Morgan fingerprint density at radius 3 is 2.75 bits per heavy atom. The maximum Gasteiger partial charge on any atom is 0.313 e. The highest BCUT2D eigenvalue weighted by Gasteiger charge is 2.17. The zero-order chi connectivity index (χ0) is 14.7. The predicted octanol–water partition coefficient (Wildman–Crippen LogP) is 3.18. The van der Waals surface area contributed by atoms with Gasteiger partial charge in [-0.15, -0.1) is 0 Å². The molecule has 0 radical (unpaired) electrons. The van der Waals surface area contributed by atoms with Gasteiger partial charge in [0.1, 0.15) is 11.6 Å². The van der Waals surface area contributed by atoms with Crippen molar-refractivity contribution in [2.24, 2.45) is 0 Å². The van der Waals surface area contributed by atoms with E-state index in [9.17, 15) is 10.1 Å². The number of aromatic nitrogens is 2. The molecule has 1 aromatic carbocycles. The summed E-state index contributed by atoms with van der Waals surface area (Å²) in [6.45, 7) is 1.70. The molecule has 1 heterocycles. The van der Waals surface area contributed by atoms with Crippen molar-refractivity contribution in [3.8, 4) is 11.6 Å². The quantitative estimate of drug-likeness (QED) is 0.688. The number of ether oxygens (including phenoxy) is 1. The molecule has 2 aromatic rings. The molecular formula is C12H11ClN4O3. The fraction of sp³-hybridized carbons (Fsp3) is 0.167. The number of anilines is 1. The molecule has 0 unspecified atom stereocenters. The Hall–Kier alpha value is -2.41. The second-order valence-corrected chi connectivity index (χ2v) is 4.30. The Balaban J connectivity index is 2.39. The highest BCUT2D eigenvalue weighted by Crippen LogP contribution is 2.33. The van der Waals surface area contributed by atoms with Crippen molar-refractivity contribution in [1.82, 2.24) is 9.97 Å². The van der Waals surface area contributed by atoms with Gasteiger partial charge in [0.2, 0.25) is 11.6 Å². The van der Waals surface area contributed by atoms with Gasteiger partial charge in [0.15, 0.2) is 0 Å². The van der Waals surface area contributed by atoms with Crippen LogP contribution in [0, 0.1) is 17.0 Å². The van der Waals surface area contributed by atoms with Gasteiger partial charge in [-0.25, -0.2) is 4.98 Å². The summed E-state index contributed by atoms with van der Waals surface area (Å²) < 4.78 is 5.46. The Bertz CT molecular complexity index is 663. The van der Waals surface area contributed by atoms with Gasteiger partial charge in [0, 0.05) is 24.2 Å². The van der Waals surface area contributed by atoms with Gasteiger partial charge >= 0.3 is 5.69 Å². The Kier molecular flexibility index (Phi) is 3.99. The van der Waals surface area contributed by atoms with Crippen molar-refractivity contribution in [2.75, 3.05) is 12.4 Å². The van der Waals surface area contributed by atoms with Crippen LogP contribution in [0.1, 0.15) is 5.82 Å². The van der Waals surface area contributed by atoms with Gasteiger partial charge in [-0.05, 0) is 19.1 Å². The van der Waals surface area contributed by atoms with E-state index in [2.05, 4.69) is 15.3 Å². The van der Waals surface area contributed by atoms with Crippen molar-refractivity contribution >= 4 is 23.1 Å². The van der Waals surface area contributed by atoms with Crippen LogP contribution in [0.25, 0.3) is 0 Å². The van der Waals surface area contributed by atoms with Crippen LogP contribution in [-0.4, -0.2) is 21.9 Å². The largest absolute Gasteiger partial charge is 0.432 e. The van der Waals surface area contributed by atoms with Crippen LogP contribution in [0.15, 0.2) is 24.3 Å². The summed E-state index contributed by atoms with van der Waals surface area (Å²) in [4.78, 5) is 18.6. The van der Waals surface area contributed by atoms with Crippen LogP contribution in [0.3, 0.4) is 0 Å². The lowest BCUT2D eigenvalue weighted by Gasteiger charge is -2.08. The van der Waals surface area contributed by atoms with Crippen LogP contribution in [0.5, 0.6) is 11.6 Å². The van der Waals surface area contributed by atoms with E-state index in [1.54, 1.807) is 20.0 Å². The van der Waals surface area contributed by atoms with E-state index in [0.717, 1.165) is 0 Å². The standard InChI is InChI=1S/C12H11ClN4O3/c1-7-15-11(14-2)6-12(16-7)20-10-4-3-8(13)5-9(10)17(18)19/h3-6H,1-2H3,(H,14,15,16). The summed E-state index contributed by atoms with van der Waals surface area (Å²) in [5, 5.41) is 14.1. The van der Waals surface area contributed by atoms with Gasteiger partial charge in [-0.2, -0.15) is 4.98 Å². The van der Waals surface area contributed by atoms with Crippen LogP contribution < -0.4 is 10.1 Å². The molecule has 0 fully saturated rings. The minimum absolute atomic E-state index is 0.0690. The second kappa shape index (κ2) is 5.70. The van der Waals surface area contributed by atoms with Gasteiger partial charge in [-0.1, -0.05) is 11.6 Å². The molecule has 0 bridgehead atoms. The SMILES string of the molecule is CNc1cc(Oc2ccc(Cl)cc2[N+](=O)[O-])nc(C)n1. The second-order valence-electron chi connectivity index (χ2n) is 3.86. The van der Waals surface area contributed by atoms with Crippen molar-refractivity contribution in [3.05, 3.63) is 45.2 Å². The number of nitrogens with one attached hydrogen (secondary N) is 1. The third-order valence-corrected chi connectivity index (χ3v) is 2.64. The summed E-state index contributed by atoms with van der Waals surface area (Å²) in [7, 11) is 1.70. The summed E-state index contributed by atoms with van der Waals surface area (Å²) in [6.07, 6.45) is 0. The van der Waals surface area contributed by atoms with Gasteiger partial charge < -0.3 is 10.1 Å². The molecule has 0 aliphatic carbocycles. The Labute approximate surface area is 119 Å². The minimum Gasteiger partial charge on any atom is -0.432 e. The molecule has 0 amide bonds. The molecule has 20 heavy (non-hydrogen) atoms. The fourth-order valence-electron chi connectivity index (χ4n) is 1.55. The number of hydrogen-bond donors (Lipinski definition) is 1. The molecule has 104 valence electrons. The number of rotatable bonds is 4. The fourth-order valence-corrected chi connectivity index (χ4v) is 1.72. The first-order valence-electron chi connectivity index (χ1n) is 5.65. The monoisotopic (exact) mass is 294 g/mol. The highest BCUT2D eigenvalue weighted by atomic mass is 35.5.